The van der Waals surface area contributed by atoms with Crippen molar-refractivity contribution in [3.05, 3.63) is 64.9 Å². The average molecular weight is 322 g/mol. The van der Waals surface area contributed by atoms with Gasteiger partial charge in [0.1, 0.15) is 11.9 Å². The monoisotopic (exact) mass is 321 g/mol. The van der Waals surface area contributed by atoms with E-state index in [0.717, 1.165) is 5.56 Å². The number of quaternary nitrogens is 1. The van der Waals surface area contributed by atoms with Gasteiger partial charge in [-0.05, 0) is 44.2 Å². The summed E-state index contributed by atoms with van der Waals surface area (Å²) in [4.78, 5) is 12.2. The topological polar surface area (TPSA) is 45.7 Å². The van der Waals surface area contributed by atoms with E-state index in [2.05, 4.69) is 5.32 Å². The lowest BCUT2D eigenvalue weighted by Gasteiger charge is -2.17. The summed E-state index contributed by atoms with van der Waals surface area (Å²) >= 11 is 6.17. The molecule has 2 atom stereocenters. The van der Waals surface area contributed by atoms with Gasteiger partial charge in [0, 0.05) is 16.3 Å². The number of amides is 1. The van der Waals surface area contributed by atoms with Crippen LogP contribution in [0.15, 0.2) is 48.5 Å². The molecule has 0 radical (unpaired) electrons. The van der Waals surface area contributed by atoms with E-state index in [1.165, 1.54) is 24.3 Å². The van der Waals surface area contributed by atoms with Gasteiger partial charge < -0.3 is 10.6 Å². The molecule has 2 aromatic carbocycles. The van der Waals surface area contributed by atoms with Crippen LogP contribution >= 0.6 is 11.6 Å². The van der Waals surface area contributed by atoms with Crippen molar-refractivity contribution >= 4 is 23.2 Å². The first-order chi connectivity index (χ1) is 10.5. The number of halogens is 2. The van der Waals surface area contributed by atoms with Crippen LogP contribution in [0, 0.1) is 5.82 Å². The van der Waals surface area contributed by atoms with E-state index in [0.29, 0.717) is 10.7 Å². The standard InChI is InChI=1S/C17H18ClFN2O/c1-11(15-5-3-4-6-16(15)18)20-12(2)17(22)21-14-9-7-13(19)8-10-14/h3-12,20H,1-2H3,(H,21,22)/p+1/t11-,12+/m1/s1. The quantitative estimate of drug-likeness (QED) is 0.873. The molecule has 5 heteroatoms. The molecule has 0 aliphatic rings. The summed E-state index contributed by atoms with van der Waals surface area (Å²) in [7, 11) is 0. The Morgan fingerprint density at radius 2 is 1.77 bits per heavy atom. The van der Waals surface area contributed by atoms with Crippen molar-refractivity contribution in [2.24, 2.45) is 0 Å². The Hall–Kier alpha value is -1.91. The number of anilines is 1. The van der Waals surface area contributed by atoms with Crippen LogP contribution in [0.3, 0.4) is 0 Å². The highest BCUT2D eigenvalue weighted by Crippen LogP contribution is 2.19. The summed E-state index contributed by atoms with van der Waals surface area (Å²) in [6, 6.07) is 13.1. The third-order valence-corrected chi connectivity index (χ3v) is 3.84. The zero-order chi connectivity index (χ0) is 16.1. The number of nitrogens with two attached hydrogens (primary N) is 1. The van der Waals surface area contributed by atoms with Gasteiger partial charge in [-0.25, -0.2) is 4.39 Å². The first-order valence-electron chi connectivity index (χ1n) is 7.13. The lowest BCUT2D eigenvalue weighted by molar-refractivity contribution is -0.709. The number of hydrogen-bond acceptors (Lipinski definition) is 1. The zero-order valence-corrected chi connectivity index (χ0v) is 13.3. The summed E-state index contributed by atoms with van der Waals surface area (Å²) in [6.07, 6.45) is 0. The molecule has 2 rings (SSSR count). The first-order valence-corrected chi connectivity index (χ1v) is 7.51. The van der Waals surface area contributed by atoms with Crippen molar-refractivity contribution in [1.29, 1.82) is 0 Å². The Labute approximate surface area is 134 Å². The molecule has 3 nitrogen and oxygen atoms in total. The smallest absolute Gasteiger partial charge is 0.282 e. The SMILES string of the molecule is C[C@H]([NH2+][C@H](C)c1ccccc1Cl)C(=O)Nc1ccc(F)cc1. The van der Waals surface area contributed by atoms with Crippen molar-refractivity contribution in [3.63, 3.8) is 0 Å². The molecule has 3 N–H and O–H groups in total. The van der Waals surface area contributed by atoms with Crippen LogP contribution < -0.4 is 10.6 Å². The van der Waals surface area contributed by atoms with Crippen molar-refractivity contribution in [2.45, 2.75) is 25.9 Å². The third-order valence-electron chi connectivity index (χ3n) is 3.50. The van der Waals surface area contributed by atoms with Crippen LogP contribution in [0.4, 0.5) is 10.1 Å². The lowest BCUT2D eigenvalue weighted by Crippen LogP contribution is -2.91. The second-order valence-electron chi connectivity index (χ2n) is 5.29. The van der Waals surface area contributed by atoms with Gasteiger partial charge in [-0.3, -0.25) is 4.79 Å². The van der Waals surface area contributed by atoms with Crippen molar-refractivity contribution in [1.82, 2.24) is 0 Å². The molecule has 0 heterocycles. The summed E-state index contributed by atoms with van der Waals surface area (Å²) in [5, 5.41) is 5.41. The summed E-state index contributed by atoms with van der Waals surface area (Å²) in [6.45, 7) is 3.83. The van der Waals surface area contributed by atoms with Crippen molar-refractivity contribution in [2.75, 3.05) is 5.32 Å². The van der Waals surface area contributed by atoms with Gasteiger partial charge in [0.05, 0.1) is 0 Å². The van der Waals surface area contributed by atoms with Crippen LogP contribution in [0.25, 0.3) is 0 Å². The maximum atomic E-state index is 12.8. The zero-order valence-electron chi connectivity index (χ0n) is 12.5. The number of rotatable bonds is 5. The average Bonchev–Trinajstić information content (AvgIpc) is 2.49. The van der Waals surface area contributed by atoms with Crippen LogP contribution in [-0.2, 0) is 4.79 Å². The maximum absolute atomic E-state index is 12.8. The van der Waals surface area contributed by atoms with Gasteiger partial charge >= 0.3 is 0 Å². The Morgan fingerprint density at radius 3 is 2.41 bits per heavy atom. The molecule has 2 aromatic rings. The summed E-state index contributed by atoms with van der Waals surface area (Å²) in [5.41, 5.74) is 1.57. The molecule has 0 saturated carbocycles. The minimum Gasteiger partial charge on any atom is -0.330 e. The molecule has 116 valence electrons. The van der Waals surface area contributed by atoms with E-state index in [1.807, 2.05) is 43.4 Å². The fourth-order valence-corrected chi connectivity index (χ4v) is 2.57. The minimum atomic E-state index is -0.329. The van der Waals surface area contributed by atoms with E-state index < -0.39 is 0 Å². The molecule has 22 heavy (non-hydrogen) atoms. The number of nitrogens with one attached hydrogen (secondary N) is 1. The Bertz CT molecular complexity index is 645. The predicted molar refractivity (Wildman–Crippen MR) is 86.3 cm³/mol. The number of benzene rings is 2. The molecular weight excluding hydrogens is 303 g/mol. The van der Waals surface area contributed by atoms with E-state index >= 15 is 0 Å². The number of hydrogen-bond donors (Lipinski definition) is 2. The van der Waals surface area contributed by atoms with Gasteiger partial charge in [0.15, 0.2) is 6.04 Å². The minimum absolute atomic E-state index is 0.0580. The van der Waals surface area contributed by atoms with Crippen molar-refractivity contribution in [3.8, 4) is 0 Å². The fraction of sp³-hybridized carbons (Fsp3) is 0.235. The third kappa shape index (κ3) is 4.29. The molecule has 0 saturated heterocycles. The fourth-order valence-electron chi connectivity index (χ4n) is 2.26. The molecule has 0 aromatic heterocycles. The Balaban J connectivity index is 1.96. The van der Waals surface area contributed by atoms with Crippen molar-refractivity contribution < 1.29 is 14.5 Å². The van der Waals surface area contributed by atoms with Crippen LogP contribution in [0.5, 0.6) is 0 Å². The highest BCUT2D eigenvalue weighted by Gasteiger charge is 2.21. The molecule has 0 aliphatic heterocycles. The second-order valence-corrected chi connectivity index (χ2v) is 5.69. The van der Waals surface area contributed by atoms with Gasteiger partial charge in [0.25, 0.3) is 5.91 Å². The Kier molecular flexibility index (Phi) is 5.52. The maximum Gasteiger partial charge on any atom is 0.282 e. The van der Waals surface area contributed by atoms with E-state index in [4.69, 9.17) is 11.6 Å². The number of carbonyl (C=O) groups excluding carboxylic acids is 1. The molecule has 0 aliphatic carbocycles. The van der Waals surface area contributed by atoms with Gasteiger partial charge in [0.2, 0.25) is 0 Å². The van der Waals surface area contributed by atoms with Crippen LogP contribution in [-0.4, -0.2) is 11.9 Å². The highest BCUT2D eigenvalue weighted by molar-refractivity contribution is 6.31. The van der Waals surface area contributed by atoms with Crippen LogP contribution in [0.2, 0.25) is 5.02 Å². The van der Waals surface area contributed by atoms with E-state index in [-0.39, 0.29) is 23.8 Å². The summed E-state index contributed by atoms with van der Waals surface area (Å²) < 4.78 is 12.8. The van der Waals surface area contributed by atoms with E-state index in [1.54, 1.807) is 0 Å². The van der Waals surface area contributed by atoms with Gasteiger partial charge in [-0.1, -0.05) is 29.8 Å². The largest absolute Gasteiger partial charge is 0.330 e. The van der Waals surface area contributed by atoms with Crippen LogP contribution in [0.1, 0.15) is 25.5 Å². The first kappa shape index (κ1) is 16.5. The van der Waals surface area contributed by atoms with E-state index in [9.17, 15) is 9.18 Å². The predicted octanol–water partition coefficient (Wildman–Crippen LogP) is 3.13. The molecule has 0 fully saturated rings. The molecule has 0 unspecified atom stereocenters. The number of carbonyl (C=O) groups is 1. The van der Waals surface area contributed by atoms with Gasteiger partial charge in [-0.15, -0.1) is 0 Å². The Morgan fingerprint density at radius 1 is 1.14 bits per heavy atom. The molecule has 0 spiro atoms. The molecule has 0 bridgehead atoms. The normalized spacial score (nSPS) is 13.5. The second kappa shape index (κ2) is 7.38. The lowest BCUT2D eigenvalue weighted by atomic mass is 10.1. The van der Waals surface area contributed by atoms with Gasteiger partial charge in [-0.2, -0.15) is 0 Å². The molecule has 1 amide bonds. The molecular formula is C17H19ClFN2O+. The summed E-state index contributed by atoms with van der Waals surface area (Å²) in [5.74, 6) is -0.463. The highest BCUT2D eigenvalue weighted by atomic mass is 35.5.